The number of hydrogen-bond donors (Lipinski definition) is 1. The Bertz CT molecular complexity index is 309. The van der Waals surface area contributed by atoms with Crippen LogP contribution in [0.15, 0.2) is 18.2 Å². The van der Waals surface area contributed by atoms with E-state index in [9.17, 15) is 0 Å². The smallest absolute Gasteiger partial charge is 0.124 e. The first-order valence-corrected chi connectivity index (χ1v) is 4.73. The Balaban J connectivity index is 2.39. The van der Waals surface area contributed by atoms with Crippen molar-refractivity contribution in [3.63, 3.8) is 0 Å². The number of fused-ring (bicyclic) bond motifs is 1. The molecule has 13 heavy (non-hydrogen) atoms. The van der Waals surface area contributed by atoms with E-state index in [1.54, 1.807) is 0 Å². The molecule has 0 fully saturated rings. The quantitative estimate of drug-likeness (QED) is 0.653. The summed E-state index contributed by atoms with van der Waals surface area (Å²) in [4.78, 5) is 0. The van der Waals surface area contributed by atoms with Crippen LogP contribution in [0.3, 0.4) is 0 Å². The molecule has 2 heteroatoms. The summed E-state index contributed by atoms with van der Waals surface area (Å²) >= 11 is 0. The summed E-state index contributed by atoms with van der Waals surface area (Å²) in [7, 11) is 0. The lowest BCUT2D eigenvalue weighted by Gasteiger charge is -2.12. The number of benzene rings is 1. The van der Waals surface area contributed by atoms with Crippen LogP contribution in [0.5, 0.6) is 5.75 Å². The maximum Gasteiger partial charge on any atom is 0.124 e. The molecule has 70 valence electrons. The second kappa shape index (κ2) is 3.38. The maximum absolute atomic E-state index is 5.78. The molecule has 1 atom stereocenters. The molecule has 0 saturated heterocycles. The van der Waals surface area contributed by atoms with Crippen molar-refractivity contribution in [2.45, 2.75) is 26.5 Å². The Morgan fingerprint density at radius 3 is 3.15 bits per heavy atom. The highest BCUT2D eigenvalue weighted by Crippen LogP contribution is 2.24. The molecule has 1 aliphatic rings. The fraction of sp³-hybridized carbons (Fsp3) is 0.455. The maximum atomic E-state index is 5.78. The van der Waals surface area contributed by atoms with Gasteiger partial charge in [-0.05, 0) is 25.5 Å². The summed E-state index contributed by atoms with van der Waals surface area (Å²) < 4.78 is 5.78. The topological polar surface area (TPSA) is 21.3 Å². The van der Waals surface area contributed by atoms with Crippen LogP contribution < -0.4 is 10.1 Å². The van der Waals surface area contributed by atoms with Crippen molar-refractivity contribution in [3.8, 4) is 5.75 Å². The van der Waals surface area contributed by atoms with Crippen molar-refractivity contribution >= 4 is 0 Å². The molecule has 1 unspecified atom stereocenters. The molecule has 1 aromatic rings. The van der Waals surface area contributed by atoms with Gasteiger partial charge in [0, 0.05) is 18.7 Å². The van der Waals surface area contributed by atoms with Crippen LogP contribution in [-0.2, 0) is 6.54 Å². The van der Waals surface area contributed by atoms with Gasteiger partial charge in [-0.1, -0.05) is 12.1 Å². The van der Waals surface area contributed by atoms with Crippen molar-refractivity contribution in [1.82, 2.24) is 5.32 Å². The van der Waals surface area contributed by atoms with Gasteiger partial charge in [0.15, 0.2) is 0 Å². The summed E-state index contributed by atoms with van der Waals surface area (Å²) in [5.41, 5.74) is 2.60. The standard InChI is InChI=1S/C11H15NO/c1-8-4-3-5-11-10(8)7-12-6-9(2)13-11/h3-5,9,12H,6-7H2,1-2H3. The molecule has 2 nitrogen and oxygen atoms in total. The predicted molar refractivity (Wildman–Crippen MR) is 53.0 cm³/mol. The normalized spacial score (nSPS) is 21.5. The summed E-state index contributed by atoms with van der Waals surface area (Å²) in [5.74, 6) is 1.04. The first kappa shape index (κ1) is 8.57. The van der Waals surface area contributed by atoms with E-state index in [2.05, 4.69) is 25.2 Å². The monoisotopic (exact) mass is 177 g/mol. The van der Waals surface area contributed by atoms with Crippen LogP contribution in [0.4, 0.5) is 0 Å². The Morgan fingerprint density at radius 2 is 2.31 bits per heavy atom. The molecule has 2 rings (SSSR count). The molecule has 1 aromatic carbocycles. The highest BCUT2D eigenvalue weighted by atomic mass is 16.5. The van der Waals surface area contributed by atoms with Gasteiger partial charge in [0.2, 0.25) is 0 Å². The number of nitrogens with one attached hydrogen (secondary N) is 1. The molecular weight excluding hydrogens is 162 g/mol. The number of rotatable bonds is 0. The van der Waals surface area contributed by atoms with Crippen molar-refractivity contribution in [1.29, 1.82) is 0 Å². The average molecular weight is 177 g/mol. The highest BCUT2D eigenvalue weighted by molar-refractivity contribution is 5.40. The van der Waals surface area contributed by atoms with Gasteiger partial charge in [-0.15, -0.1) is 0 Å². The van der Waals surface area contributed by atoms with Gasteiger partial charge in [-0.2, -0.15) is 0 Å². The van der Waals surface area contributed by atoms with Crippen LogP contribution in [0, 0.1) is 6.92 Å². The van der Waals surface area contributed by atoms with Crippen molar-refractivity contribution < 1.29 is 4.74 Å². The van der Waals surface area contributed by atoms with E-state index in [0.717, 1.165) is 18.8 Å². The zero-order valence-electron chi connectivity index (χ0n) is 8.13. The third-order valence-corrected chi connectivity index (χ3v) is 2.43. The second-order valence-corrected chi connectivity index (χ2v) is 3.61. The van der Waals surface area contributed by atoms with Crippen LogP contribution in [0.25, 0.3) is 0 Å². The van der Waals surface area contributed by atoms with Crippen molar-refractivity contribution in [2.24, 2.45) is 0 Å². The third kappa shape index (κ3) is 1.68. The van der Waals surface area contributed by atoms with E-state index < -0.39 is 0 Å². The largest absolute Gasteiger partial charge is 0.489 e. The van der Waals surface area contributed by atoms with Gasteiger partial charge >= 0.3 is 0 Å². The van der Waals surface area contributed by atoms with E-state index in [-0.39, 0.29) is 6.10 Å². The van der Waals surface area contributed by atoms with Crippen LogP contribution in [0.2, 0.25) is 0 Å². The number of ether oxygens (including phenoxy) is 1. The minimum absolute atomic E-state index is 0.267. The van der Waals surface area contributed by atoms with Gasteiger partial charge < -0.3 is 10.1 Å². The fourth-order valence-corrected chi connectivity index (χ4v) is 1.67. The Hall–Kier alpha value is -1.02. The van der Waals surface area contributed by atoms with E-state index in [4.69, 9.17) is 4.74 Å². The van der Waals surface area contributed by atoms with E-state index in [0.29, 0.717) is 0 Å². The molecule has 0 radical (unpaired) electrons. The zero-order chi connectivity index (χ0) is 9.26. The van der Waals surface area contributed by atoms with Gasteiger partial charge in [0.05, 0.1) is 0 Å². The number of hydrogen-bond acceptors (Lipinski definition) is 2. The van der Waals surface area contributed by atoms with Crippen LogP contribution in [-0.4, -0.2) is 12.6 Å². The summed E-state index contributed by atoms with van der Waals surface area (Å²) in [6, 6.07) is 6.22. The molecular formula is C11H15NO. The Labute approximate surface area is 78.9 Å². The third-order valence-electron chi connectivity index (χ3n) is 2.43. The average Bonchev–Trinajstić information content (AvgIpc) is 2.27. The van der Waals surface area contributed by atoms with E-state index >= 15 is 0 Å². The molecule has 0 aliphatic carbocycles. The van der Waals surface area contributed by atoms with E-state index in [1.807, 2.05) is 12.1 Å². The summed E-state index contributed by atoms with van der Waals surface area (Å²) in [5, 5.41) is 3.37. The molecule has 0 spiro atoms. The number of aryl methyl sites for hydroxylation is 1. The predicted octanol–water partition coefficient (Wildman–Crippen LogP) is 1.87. The molecule has 1 heterocycles. The van der Waals surface area contributed by atoms with Crippen LogP contribution in [0.1, 0.15) is 18.1 Å². The minimum Gasteiger partial charge on any atom is -0.489 e. The summed E-state index contributed by atoms with van der Waals surface area (Å²) in [6.07, 6.45) is 0.267. The first-order valence-electron chi connectivity index (χ1n) is 4.73. The van der Waals surface area contributed by atoms with Gasteiger partial charge in [0.1, 0.15) is 11.9 Å². The molecule has 1 aliphatic heterocycles. The van der Waals surface area contributed by atoms with Crippen molar-refractivity contribution in [2.75, 3.05) is 6.54 Å². The first-order chi connectivity index (χ1) is 6.27. The lowest BCUT2D eigenvalue weighted by Crippen LogP contribution is -2.25. The Morgan fingerprint density at radius 1 is 1.46 bits per heavy atom. The van der Waals surface area contributed by atoms with Crippen molar-refractivity contribution in [3.05, 3.63) is 29.3 Å². The van der Waals surface area contributed by atoms with Gasteiger partial charge in [-0.25, -0.2) is 0 Å². The van der Waals surface area contributed by atoms with Gasteiger partial charge in [-0.3, -0.25) is 0 Å². The molecule has 0 aromatic heterocycles. The second-order valence-electron chi connectivity index (χ2n) is 3.61. The zero-order valence-corrected chi connectivity index (χ0v) is 8.13. The minimum atomic E-state index is 0.267. The fourth-order valence-electron chi connectivity index (χ4n) is 1.67. The summed E-state index contributed by atoms with van der Waals surface area (Å²) in [6.45, 7) is 6.06. The highest BCUT2D eigenvalue weighted by Gasteiger charge is 2.13. The molecule has 1 N–H and O–H groups in total. The SMILES string of the molecule is Cc1cccc2c1CNCC(C)O2. The molecule has 0 amide bonds. The molecule has 0 bridgehead atoms. The van der Waals surface area contributed by atoms with Gasteiger partial charge in [0.25, 0.3) is 0 Å². The molecule has 0 saturated carbocycles. The lowest BCUT2D eigenvalue weighted by atomic mass is 10.1. The Kier molecular flexibility index (Phi) is 2.23. The van der Waals surface area contributed by atoms with Crippen LogP contribution >= 0.6 is 0 Å². The van der Waals surface area contributed by atoms with E-state index in [1.165, 1.54) is 11.1 Å². The lowest BCUT2D eigenvalue weighted by molar-refractivity contribution is 0.226.